The van der Waals surface area contributed by atoms with Gasteiger partial charge in [0.25, 0.3) is 0 Å². The molecule has 2 saturated carbocycles. The molecule has 0 aromatic heterocycles. The SMILES string of the molecule is COC(=O)[C@@H](N)C1C[C@@H]2C[C@@H]2C1. The summed E-state index contributed by atoms with van der Waals surface area (Å²) in [6, 6.07) is -0.372. The summed E-state index contributed by atoms with van der Waals surface area (Å²) in [7, 11) is 1.40. The van der Waals surface area contributed by atoms with E-state index in [2.05, 4.69) is 4.74 Å². The summed E-state index contributed by atoms with van der Waals surface area (Å²) in [5.41, 5.74) is 5.74. The van der Waals surface area contributed by atoms with Crippen LogP contribution in [0, 0.1) is 17.8 Å². The van der Waals surface area contributed by atoms with E-state index in [0.29, 0.717) is 5.92 Å². The summed E-state index contributed by atoms with van der Waals surface area (Å²) >= 11 is 0. The molecule has 0 aromatic carbocycles. The highest BCUT2D eigenvalue weighted by Gasteiger charge is 2.48. The fourth-order valence-corrected chi connectivity index (χ4v) is 2.38. The summed E-state index contributed by atoms with van der Waals surface area (Å²) in [6.07, 6.45) is 3.65. The number of methoxy groups -OCH3 is 1. The van der Waals surface area contributed by atoms with E-state index in [1.54, 1.807) is 0 Å². The van der Waals surface area contributed by atoms with Crippen LogP contribution in [0.1, 0.15) is 19.3 Å². The van der Waals surface area contributed by atoms with Crippen molar-refractivity contribution < 1.29 is 9.53 Å². The third-order valence-corrected chi connectivity index (χ3v) is 3.26. The minimum absolute atomic E-state index is 0.249. The lowest BCUT2D eigenvalue weighted by molar-refractivity contribution is -0.143. The van der Waals surface area contributed by atoms with Gasteiger partial charge in [-0.15, -0.1) is 0 Å². The van der Waals surface area contributed by atoms with Crippen LogP contribution in [0.5, 0.6) is 0 Å². The molecule has 2 rings (SSSR count). The Morgan fingerprint density at radius 2 is 2.00 bits per heavy atom. The van der Waals surface area contributed by atoms with E-state index in [0.717, 1.165) is 24.7 Å². The second kappa shape index (κ2) is 2.73. The smallest absolute Gasteiger partial charge is 0.322 e. The van der Waals surface area contributed by atoms with Crippen molar-refractivity contribution in [3.8, 4) is 0 Å². The standard InChI is InChI=1S/C9H15NO2/c1-12-9(11)8(10)7-3-5-2-6(5)4-7/h5-8H,2-4,10H2,1H3/t5-,6+,7?,8-/m0/s1. The molecule has 0 radical (unpaired) electrons. The third kappa shape index (κ3) is 1.22. The zero-order chi connectivity index (χ0) is 8.72. The van der Waals surface area contributed by atoms with Gasteiger partial charge >= 0.3 is 5.97 Å². The van der Waals surface area contributed by atoms with Crippen LogP contribution in [-0.4, -0.2) is 19.1 Å². The van der Waals surface area contributed by atoms with Crippen LogP contribution >= 0.6 is 0 Å². The molecule has 12 heavy (non-hydrogen) atoms. The van der Waals surface area contributed by atoms with Crippen molar-refractivity contribution in [2.24, 2.45) is 23.5 Å². The van der Waals surface area contributed by atoms with Gasteiger partial charge in [0.15, 0.2) is 0 Å². The normalized spacial score (nSPS) is 40.3. The molecule has 2 aliphatic rings. The largest absolute Gasteiger partial charge is 0.468 e. The van der Waals surface area contributed by atoms with E-state index in [4.69, 9.17) is 5.73 Å². The Kier molecular flexibility index (Phi) is 1.83. The molecular formula is C9H15NO2. The molecule has 4 atom stereocenters. The van der Waals surface area contributed by atoms with E-state index in [-0.39, 0.29) is 12.0 Å². The Labute approximate surface area is 72.3 Å². The first-order valence-corrected chi connectivity index (χ1v) is 4.55. The van der Waals surface area contributed by atoms with Gasteiger partial charge in [-0.1, -0.05) is 0 Å². The van der Waals surface area contributed by atoms with Gasteiger partial charge in [0.1, 0.15) is 6.04 Å². The number of nitrogens with two attached hydrogens (primary N) is 1. The first-order chi connectivity index (χ1) is 5.72. The number of esters is 1. The molecule has 0 bridgehead atoms. The van der Waals surface area contributed by atoms with Gasteiger partial charge in [-0.05, 0) is 37.0 Å². The number of ether oxygens (including phenoxy) is 1. The fraction of sp³-hybridized carbons (Fsp3) is 0.889. The Balaban J connectivity index is 1.88. The number of carbonyl (C=O) groups is 1. The topological polar surface area (TPSA) is 52.3 Å². The van der Waals surface area contributed by atoms with Gasteiger partial charge in [0.2, 0.25) is 0 Å². The lowest BCUT2D eigenvalue weighted by Gasteiger charge is -2.17. The molecule has 0 spiro atoms. The van der Waals surface area contributed by atoms with Crippen molar-refractivity contribution in [1.82, 2.24) is 0 Å². The first kappa shape index (κ1) is 8.05. The lowest BCUT2D eigenvalue weighted by Crippen LogP contribution is -2.38. The quantitative estimate of drug-likeness (QED) is 0.613. The van der Waals surface area contributed by atoms with Crippen LogP contribution in [0.2, 0.25) is 0 Å². The Morgan fingerprint density at radius 1 is 1.42 bits per heavy atom. The summed E-state index contributed by atoms with van der Waals surface area (Å²) < 4.78 is 4.61. The zero-order valence-corrected chi connectivity index (χ0v) is 7.32. The monoisotopic (exact) mass is 169 g/mol. The number of carbonyl (C=O) groups excluding carboxylic acids is 1. The highest BCUT2D eigenvalue weighted by molar-refractivity contribution is 5.75. The zero-order valence-electron chi connectivity index (χ0n) is 7.32. The van der Waals surface area contributed by atoms with E-state index >= 15 is 0 Å². The van der Waals surface area contributed by atoms with Crippen LogP contribution in [0.4, 0.5) is 0 Å². The molecule has 68 valence electrons. The van der Waals surface area contributed by atoms with Crippen LogP contribution < -0.4 is 5.73 Å². The van der Waals surface area contributed by atoms with Gasteiger partial charge in [0.05, 0.1) is 7.11 Å². The second-order valence-electron chi connectivity index (χ2n) is 4.04. The van der Waals surface area contributed by atoms with Gasteiger partial charge in [-0.25, -0.2) is 0 Å². The predicted molar refractivity (Wildman–Crippen MR) is 44.3 cm³/mol. The molecule has 2 N–H and O–H groups in total. The molecule has 2 fully saturated rings. The highest BCUT2D eigenvalue weighted by atomic mass is 16.5. The van der Waals surface area contributed by atoms with Crippen LogP contribution in [0.3, 0.4) is 0 Å². The molecule has 0 heterocycles. The molecule has 0 amide bonds. The predicted octanol–water partition coefficient (Wildman–Crippen LogP) is 0.533. The fourth-order valence-electron chi connectivity index (χ4n) is 2.38. The van der Waals surface area contributed by atoms with Crippen molar-refractivity contribution >= 4 is 5.97 Å². The van der Waals surface area contributed by atoms with Gasteiger partial charge in [0, 0.05) is 0 Å². The summed E-state index contributed by atoms with van der Waals surface area (Å²) in [5.74, 6) is 1.90. The summed E-state index contributed by atoms with van der Waals surface area (Å²) in [5, 5.41) is 0. The molecule has 0 aliphatic heterocycles. The Hall–Kier alpha value is -0.570. The van der Waals surface area contributed by atoms with Crippen LogP contribution in [-0.2, 0) is 9.53 Å². The van der Waals surface area contributed by atoms with Gasteiger partial charge in [-0.3, -0.25) is 4.79 Å². The number of hydrogen-bond donors (Lipinski definition) is 1. The lowest BCUT2D eigenvalue weighted by atomic mass is 9.95. The van der Waals surface area contributed by atoms with Gasteiger partial charge < -0.3 is 10.5 Å². The summed E-state index contributed by atoms with van der Waals surface area (Å²) in [4.78, 5) is 11.1. The average Bonchev–Trinajstić information content (AvgIpc) is 2.71. The van der Waals surface area contributed by atoms with Crippen molar-refractivity contribution in [3.63, 3.8) is 0 Å². The molecule has 3 nitrogen and oxygen atoms in total. The van der Waals surface area contributed by atoms with E-state index in [1.165, 1.54) is 13.5 Å². The molecular weight excluding hydrogens is 154 g/mol. The first-order valence-electron chi connectivity index (χ1n) is 4.55. The minimum Gasteiger partial charge on any atom is -0.468 e. The second-order valence-corrected chi connectivity index (χ2v) is 4.04. The van der Waals surface area contributed by atoms with E-state index in [9.17, 15) is 4.79 Å². The molecule has 3 heteroatoms. The average molecular weight is 169 g/mol. The van der Waals surface area contributed by atoms with Crippen molar-refractivity contribution in [2.75, 3.05) is 7.11 Å². The molecule has 1 unspecified atom stereocenters. The molecule has 2 aliphatic carbocycles. The maximum atomic E-state index is 11.1. The van der Waals surface area contributed by atoms with Gasteiger partial charge in [-0.2, -0.15) is 0 Å². The van der Waals surface area contributed by atoms with E-state index in [1.807, 2.05) is 0 Å². The Bertz CT molecular complexity index is 195. The Morgan fingerprint density at radius 3 is 2.50 bits per heavy atom. The number of fused-ring (bicyclic) bond motifs is 1. The number of rotatable bonds is 2. The highest BCUT2D eigenvalue weighted by Crippen LogP contribution is 2.54. The van der Waals surface area contributed by atoms with E-state index < -0.39 is 0 Å². The van der Waals surface area contributed by atoms with Crippen molar-refractivity contribution in [2.45, 2.75) is 25.3 Å². The van der Waals surface area contributed by atoms with Crippen molar-refractivity contribution in [1.29, 1.82) is 0 Å². The molecule has 0 aromatic rings. The maximum absolute atomic E-state index is 11.1. The van der Waals surface area contributed by atoms with Crippen molar-refractivity contribution in [3.05, 3.63) is 0 Å². The molecule has 0 saturated heterocycles. The minimum atomic E-state index is -0.372. The third-order valence-electron chi connectivity index (χ3n) is 3.26. The van der Waals surface area contributed by atoms with Crippen LogP contribution in [0.25, 0.3) is 0 Å². The maximum Gasteiger partial charge on any atom is 0.322 e. The van der Waals surface area contributed by atoms with Crippen LogP contribution in [0.15, 0.2) is 0 Å². The number of hydrogen-bond acceptors (Lipinski definition) is 3. The summed E-state index contributed by atoms with van der Waals surface area (Å²) in [6.45, 7) is 0.